The molecule has 2 aromatic rings. The van der Waals surface area contributed by atoms with Gasteiger partial charge in [-0.2, -0.15) is 0 Å². The number of para-hydroxylation sites is 1. The fourth-order valence-corrected chi connectivity index (χ4v) is 2.04. The number of rotatable bonds is 7. The summed E-state index contributed by atoms with van der Waals surface area (Å²) in [6.45, 7) is 4.29. The lowest BCUT2D eigenvalue weighted by Crippen LogP contribution is -2.43. The van der Waals surface area contributed by atoms with E-state index in [0.29, 0.717) is 23.7 Å². The van der Waals surface area contributed by atoms with Gasteiger partial charge in [-0.3, -0.25) is 20.4 Å². The van der Waals surface area contributed by atoms with Gasteiger partial charge in [-0.05, 0) is 43.2 Å². The topological polar surface area (TPSA) is 76.7 Å². The Morgan fingerprint density at radius 2 is 1.80 bits per heavy atom. The van der Waals surface area contributed by atoms with Crippen LogP contribution in [0.15, 0.2) is 48.5 Å². The van der Waals surface area contributed by atoms with E-state index in [4.69, 9.17) is 9.47 Å². The van der Waals surface area contributed by atoms with Gasteiger partial charge >= 0.3 is 0 Å². The number of hydrazine groups is 1. The van der Waals surface area contributed by atoms with E-state index in [1.54, 1.807) is 30.3 Å². The molecule has 0 bridgehead atoms. The van der Waals surface area contributed by atoms with Gasteiger partial charge in [0.2, 0.25) is 0 Å². The predicted molar refractivity (Wildman–Crippen MR) is 94.5 cm³/mol. The minimum atomic E-state index is -0.449. The molecule has 2 rings (SSSR count). The summed E-state index contributed by atoms with van der Waals surface area (Å²) in [4.78, 5) is 23.9. The molecule has 25 heavy (non-hydrogen) atoms. The number of nitrogens with one attached hydrogen (secondary N) is 2. The number of amides is 2. The normalized spacial score (nSPS) is 10.0. The Hall–Kier alpha value is -3.02. The Kier molecular flexibility index (Phi) is 6.83. The second-order valence-corrected chi connectivity index (χ2v) is 5.43. The maximum atomic E-state index is 12.1. The van der Waals surface area contributed by atoms with Crippen molar-refractivity contribution in [2.75, 3.05) is 13.2 Å². The van der Waals surface area contributed by atoms with Crippen LogP contribution in [0.2, 0.25) is 0 Å². The standard InChI is InChI=1S/C19H22N2O4/c1-3-11-24-16-9-6-8-15(12-16)19(23)21-20-18(22)13-25-17-10-5-4-7-14(17)2/h4-10,12H,3,11,13H2,1-2H3,(H,20,22)(H,21,23). The quantitative estimate of drug-likeness (QED) is 0.759. The second kappa shape index (κ2) is 9.32. The molecule has 0 unspecified atom stereocenters. The zero-order chi connectivity index (χ0) is 18.1. The highest BCUT2D eigenvalue weighted by Gasteiger charge is 2.09. The molecule has 2 N–H and O–H groups in total. The first-order valence-corrected chi connectivity index (χ1v) is 8.10. The van der Waals surface area contributed by atoms with E-state index in [1.807, 2.05) is 32.0 Å². The van der Waals surface area contributed by atoms with Crippen molar-refractivity contribution in [3.63, 3.8) is 0 Å². The van der Waals surface area contributed by atoms with E-state index in [0.717, 1.165) is 12.0 Å². The molecule has 0 saturated carbocycles. The third-order valence-electron chi connectivity index (χ3n) is 3.34. The zero-order valence-corrected chi connectivity index (χ0v) is 14.4. The van der Waals surface area contributed by atoms with Crippen molar-refractivity contribution >= 4 is 11.8 Å². The third-order valence-corrected chi connectivity index (χ3v) is 3.34. The average Bonchev–Trinajstić information content (AvgIpc) is 2.64. The number of ether oxygens (including phenoxy) is 2. The first kappa shape index (κ1) is 18.3. The Bertz CT molecular complexity index is 731. The van der Waals surface area contributed by atoms with Crippen molar-refractivity contribution in [2.24, 2.45) is 0 Å². The van der Waals surface area contributed by atoms with E-state index < -0.39 is 11.8 Å². The first-order valence-electron chi connectivity index (χ1n) is 8.10. The maximum Gasteiger partial charge on any atom is 0.276 e. The highest BCUT2D eigenvalue weighted by molar-refractivity contribution is 5.95. The van der Waals surface area contributed by atoms with Gasteiger partial charge in [0, 0.05) is 5.56 Å². The summed E-state index contributed by atoms with van der Waals surface area (Å²) >= 11 is 0. The molecule has 0 heterocycles. The summed E-state index contributed by atoms with van der Waals surface area (Å²) in [6.07, 6.45) is 0.882. The lowest BCUT2D eigenvalue weighted by Gasteiger charge is -2.11. The van der Waals surface area contributed by atoms with Crippen LogP contribution in [0, 0.1) is 6.92 Å². The maximum absolute atomic E-state index is 12.1. The molecule has 0 saturated heterocycles. The van der Waals surface area contributed by atoms with E-state index in [9.17, 15) is 9.59 Å². The summed E-state index contributed by atoms with van der Waals surface area (Å²) in [5.41, 5.74) is 6.02. The SMILES string of the molecule is CCCOc1cccc(C(=O)NNC(=O)COc2ccccc2C)c1. The first-order chi connectivity index (χ1) is 12.1. The van der Waals surface area contributed by atoms with Crippen LogP contribution in [-0.4, -0.2) is 25.0 Å². The van der Waals surface area contributed by atoms with Gasteiger partial charge in [0.15, 0.2) is 6.61 Å². The van der Waals surface area contributed by atoms with Crippen LogP contribution < -0.4 is 20.3 Å². The molecule has 0 aliphatic carbocycles. The molecule has 0 spiro atoms. The minimum Gasteiger partial charge on any atom is -0.494 e. The average molecular weight is 342 g/mol. The molecule has 0 aliphatic heterocycles. The van der Waals surface area contributed by atoms with Crippen molar-refractivity contribution in [1.29, 1.82) is 0 Å². The highest BCUT2D eigenvalue weighted by atomic mass is 16.5. The lowest BCUT2D eigenvalue weighted by molar-refractivity contribution is -0.123. The van der Waals surface area contributed by atoms with Crippen molar-refractivity contribution in [1.82, 2.24) is 10.9 Å². The minimum absolute atomic E-state index is 0.190. The van der Waals surface area contributed by atoms with Crippen LogP contribution in [0.5, 0.6) is 11.5 Å². The lowest BCUT2D eigenvalue weighted by atomic mass is 10.2. The summed E-state index contributed by atoms with van der Waals surface area (Å²) in [5, 5.41) is 0. The summed E-state index contributed by atoms with van der Waals surface area (Å²) in [7, 11) is 0. The largest absolute Gasteiger partial charge is 0.494 e. The van der Waals surface area contributed by atoms with Gasteiger partial charge in [0.25, 0.3) is 11.8 Å². The Labute approximate surface area is 147 Å². The fraction of sp³-hybridized carbons (Fsp3) is 0.263. The van der Waals surface area contributed by atoms with Gasteiger partial charge in [-0.15, -0.1) is 0 Å². The van der Waals surface area contributed by atoms with Crippen LogP contribution in [0.4, 0.5) is 0 Å². The van der Waals surface area contributed by atoms with E-state index >= 15 is 0 Å². The fourth-order valence-electron chi connectivity index (χ4n) is 2.04. The summed E-state index contributed by atoms with van der Waals surface area (Å²) in [6, 6.07) is 14.2. The Balaban J connectivity index is 1.81. The number of benzene rings is 2. The van der Waals surface area contributed by atoms with Crippen molar-refractivity contribution < 1.29 is 19.1 Å². The van der Waals surface area contributed by atoms with Gasteiger partial charge < -0.3 is 9.47 Å². The smallest absolute Gasteiger partial charge is 0.276 e. The molecular weight excluding hydrogens is 320 g/mol. The molecule has 132 valence electrons. The number of carbonyl (C=O) groups excluding carboxylic acids is 2. The predicted octanol–water partition coefficient (Wildman–Crippen LogP) is 2.62. The molecule has 0 atom stereocenters. The van der Waals surface area contributed by atoms with Crippen LogP contribution in [0.3, 0.4) is 0 Å². The molecule has 0 radical (unpaired) electrons. The molecule has 0 fully saturated rings. The second-order valence-electron chi connectivity index (χ2n) is 5.43. The molecule has 2 amide bonds. The molecule has 0 aliphatic rings. The molecule has 6 nitrogen and oxygen atoms in total. The monoisotopic (exact) mass is 342 g/mol. The zero-order valence-electron chi connectivity index (χ0n) is 14.4. The van der Waals surface area contributed by atoms with Crippen LogP contribution in [0.1, 0.15) is 29.3 Å². The van der Waals surface area contributed by atoms with E-state index in [2.05, 4.69) is 10.9 Å². The van der Waals surface area contributed by atoms with Crippen LogP contribution >= 0.6 is 0 Å². The third kappa shape index (κ3) is 5.84. The van der Waals surface area contributed by atoms with Crippen molar-refractivity contribution in [2.45, 2.75) is 20.3 Å². The number of hydrogen-bond acceptors (Lipinski definition) is 4. The Morgan fingerprint density at radius 1 is 1.00 bits per heavy atom. The summed E-state index contributed by atoms with van der Waals surface area (Å²) < 4.78 is 10.9. The van der Waals surface area contributed by atoms with Gasteiger partial charge in [-0.25, -0.2) is 0 Å². The molecule has 0 aromatic heterocycles. The van der Waals surface area contributed by atoms with Crippen molar-refractivity contribution in [3.8, 4) is 11.5 Å². The number of hydrogen-bond donors (Lipinski definition) is 2. The highest BCUT2D eigenvalue weighted by Crippen LogP contribution is 2.16. The molecule has 2 aromatic carbocycles. The van der Waals surface area contributed by atoms with E-state index in [-0.39, 0.29) is 6.61 Å². The number of aryl methyl sites for hydroxylation is 1. The molecule has 6 heteroatoms. The Morgan fingerprint density at radius 3 is 2.56 bits per heavy atom. The van der Waals surface area contributed by atoms with Crippen molar-refractivity contribution in [3.05, 3.63) is 59.7 Å². The van der Waals surface area contributed by atoms with Gasteiger partial charge in [0.05, 0.1) is 6.61 Å². The van der Waals surface area contributed by atoms with Gasteiger partial charge in [-0.1, -0.05) is 31.2 Å². The number of carbonyl (C=O) groups is 2. The van der Waals surface area contributed by atoms with Gasteiger partial charge in [0.1, 0.15) is 11.5 Å². The van der Waals surface area contributed by atoms with E-state index in [1.165, 1.54) is 0 Å². The van der Waals surface area contributed by atoms with Crippen LogP contribution in [0.25, 0.3) is 0 Å². The van der Waals surface area contributed by atoms with Crippen LogP contribution in [-0.2, 0) is 4.79 Å². The summed E-state index contributed by atoms with van der Waals surface area (Å²) in [5.74, 6) is 0.370. The molecular formula is C19H22N2O4.